The van der Waals surface area contributed by atoms with Crippen LogP contribution in [0, 0.1) is 47.8 Å². The third-order valence-electron chi connectivity index (χ3n) is 15.3. The molecule has 5 atom stereocenters. The first kappa shape index (κ1) is 82.8. The van der Waals surface area contributed by atoms with Crippen molar-refractivity contribution in [3.63, 3.8) is 0 Å². The van der Waals surface area contributed by atoms with E-state index in [1.165, 1.54) is 77.8 Å². The van der Waals surface area contributed by atoms with Gasteiger partial charge in [0, 0.05) is 73.9 Å². The number of Topliss-reactive ketones (excluding diaryl/α,β-unsaturated/α-hetero) is 2. The summed E-state index contributed by atoms with van der Waals surface area (Å²) in [7, 11) is 2.08. The smallest absolute Gasteiger partial charge is 0.223 e. The van der Waals surface area contributed by atoms with E-state index >= 15 is 0 Å². The third kappa shape index (κ3) is 33.1. The number of nitrogens with zero attached hydrogens (tertiary/aromatic N) is 3. The average molecular weight is 1200 g/mol. The molecule has 3 N–H and O–H groups in total. The summed E-state index contributed by atoms with van der Waals surface area (Å²) in [5.74, 6) is 3.01. The van der Waals surface area contributed by atoms with E-state index in [4.69, 9.17) is 9.97 Å². The van der Waals surface area contributed by atoms with E-state index in [0.717, 1.165) is 105 Å². The van der Waals surface area contributed by atoms with Gasteiger partial charge in [0.15, 0.2) is 5.78 Å². The van der Waals surface area contributed by atoms with Crippen LogP contribution in [0.3, 0.4) is 0 Å². The number of benzene rings is 1. The molecule has 0 spiro atoms. The standard InChI is InChI=1S/C38H53N3O2S.C9H15NO.C7H14O.C5H12N2.C5H8O.C3H8.3C2H6/c1-12-38(10,11)20-32(35(24(4)5)30-14-13-17-39-36(30)25(6)7)31-18-28(16-15-26(31)8)33-22-44-34(41-33)19-29(21-42)40-37(43)27(9)23(2)3;1-2-3-7(11)9-8(10-9)6-4-5-6;1-3-5-7(4-2)6-8;1-7-5-3-2-4-6-7;1-4(6)5-2-3-5;1-3-2;3*1-2/h13-18,21-25,27,29H,12,19-20H2,1-11H3,(H,40,43);6,8-10H,2-5H2,1H3;6-7H,3-5H2,1-2H3;6H,2-5H2,1H3;5H,2-3H2,1H3;3H2,1-2H3;3*1-2H3/b35-32+;;;;;;;;/t;8-,9+;7-;;;;;;/m.11....../s1. The molecule has 2 aromatic heterocycles. The average Bonchev–Trinajstić information content (AvgIpc) is 3.97. The van der Waals surface area contributed by atoms with Crippen molar-refractivity contribution in [2.24, 2.45) is 40.9 Å². The lowest BCUT2D eigenvalue weighted by molar-refractivity contribution is -0.128. The number of aldehydes is 2. The lowest BCUT2D eigenvalue weighted by atomic mass is 9.75. The Balaban J connectivity index is 0. The van der Waals surface area contributed by atoms with Gasteiger partial charge in [0.25, 0.3) is 0 Å². The molecule has 11 nitrogen and oxygen atoms in total. The van der Waals surface area contributed by atoms with Crippen LogP contribution in [0.15, 0.2) is 41.9 Å². The number of carbonyl (C=O) groups is 5. The van der Waals surface area contributed by atoms with E-state index in [0.29, 0.717) is 47.7 Å². The molecule has 7 rings (SSSR count). The quantitative estimate of drug-likeness (QED) is 0.0616. The normalized spacial score (nSPS) is 17.1. The van der Waals surface area contributed by atoms with E-state index < -0.39 is 6.04 Å². The number of aryl methyl sites for hydroxylation is 1. The van der Waals surface area contributed by atoms with Gasteiger partial charge in [0.05, 0.1) is 28.5 Å². The molecule has 0 bridgehead atoms. The van der Waals surface area contributed by atoms with Crippen molar-refractivity contribution in [2.75, 3.05) is 20.1 Å². The number of carbonyl (C=O) groups excluding carboxylic acids is 5. The van der Waals surface area contributed by atoms with Crippen LogP contribution < -0.4 is 16.1 Å². The summed E-state index contributed by atoms with van der Waals surface area (Å²) in [6, 6.07) is 11.2. The number of hydrogen-bond donors (Lipinski definition) is 3. The molecule has 2 aliphatic carbocycles. The van der Waals surface area contributed by atoms with Gasteiger partial charge in [-0.15, -0.1) is 11.3 Å². The first-order chi connectivity index (χ1) is 40.5. The zero-order valence-electron chi connectivity index (χ0n) is 58.8. The monoisotopic (exact) mass is 1200 g/mol. The Kier molecular flexibility index (Phi) is 45.7. The lowest BCUT2D eigenvalue weighted by Crippen LogP contribution is -2.41. The second kappa shape index (κ2) is 46.9. The van der Waals surface area contributed by atoms with Crippen LogP contribution in [0.25, 0.3) is 22.4 Å². The molecule has 1 amide bonds. The maximum absolute atomic E-state index is 12.6. The number of amides is 1. The van der Waals surface area contributed by atoms with Crippen LogP contribution in [0.5, 0.6) is 0 Å². The Morgan fingerprint density at radius 3 is 1.88 bits per heavy atom. The second-order valence-corrected chi connectivity index (χ2v) is 25.4. The van der Waals surface area contributed by atoms with E-state index in [1.54, 1.807) is 6.92 Å². The minimum absolute atomic E-state index is 0.0958. The number of pyridine rings is 1. The minimum Gasteiger partial charge on any atom is -0.346 e. The van der Waals surface area contributed by atoms with Crippen molar-refractivity contribution in [1.29, 1.82) is 0 Å². The number of aromatic nitrogens is 2. The van der Waals surface area contributed by atoms with Gasteiger partial charge in [-0.25, -0.2) is 9.99 Å². The summed E-state index contributed by atoms with van der Waals surface area (Å²) in [6.45, 7) is 50.6. The highest BCUT2D eigenvalue weighted by molar-refractivity contribution is 7.10. The summed E-state index contributed by atoms with van der Waals surface area (Å²) in [5.41, 5.74) is 12.9. The number of allylic oxidation sites excluding steroid dienone is 2. The molecule has 4 fully saturated rings. The largest absolute Gasteiger partial charge is 0.346 e. The van der Waals surface area contributed by atoms with Crippen molar-refractivity contribution >= 4 is 52.5 Å². The summed E-state index contributed by atoms with van der Waals surface area (Å²) in [4.78, 5) is 65.8. The number of hydrogen-bond acceptors (Lipinski definition) is 11. The fraction of sp³-hybridized carbons (Fsp3) is 0.712. The van der Waals surface area contributed by atoms with E-state index in [9.17, 15) is 24.0 Å². The number of rotatable bonds is 23. The fourth-order valence-corrected chi connectivity index (χ4v) is 10.1. The first-order valence-electron chi connectivity index (χ1n) is 33.7. The predicted octanol–water partition coefficient (Wildman–Crippen LogP) is 18.4. The maximum Gasteiger partial charge on any atom is 0.223 e. The van der Waals surface area contributed by atoms with Crippen molar-refractivity contribution in [3.05, 3.63) is 69.3 Å². The summed E-state index contributed by atoms with van der Waals surface area (Å²) in [6.07, 6.45) is 20.0. The van der Waals surface area contributed by atoms with E-state index in [1.807, 2.05) is 68.5 Å². The van der Waals surface area contributed by atoms with Gasteiger partial charge in [-0.2, -0.15) is 0 Å². The molecule has 2 saturated heterocycles. The first-order valence-corrected chi connectivity index (χ1v) is 34.5. The number of ketones is 2. The highest BCUT2D eigenvalue weighted by atomic mass is 32.1. The van der Waals surface area contributed by atoms with Crippen LogP contribution in [-0.4, -0.2) is 83.3 Å². The number of nitrogens with one attached hydrogen (secondary N) is 3. The third-order valence-corrected chi connectivity index (χ3v) is 16.2. The molecule has 2 aliphatic heterocycles. The SMILES string of the molecule is CC.CC.CC.CC(=O)C1CC1.CCC.CCC(C)(C)C/C(=C(\c1cccnc1C(C)C)C(C)C)c1cc(-c2csc(CC(C=O)NC(=O)C(C)C(C)C)n2)ccc1C.CCCC(=O)[C@@H]1N[C@@H]1C1CC1.CCC[C@H](C=O)CC.CN1CCCCN1. The van der Waals surface area contributed by atoms with E-state index in [-0.39, 0.29) is 29.2 Å². The molecule has 2 saturated carbocycles. The highest BCUT2D eigenvalue weighted by Gasteiger charge is 2.50. The maximum atomic E-state index is 12.6. The van der Waals surface area contributed by atoms with Gasteiger partial charge in [-0.1, -0.05) is 183 Å². The molecule has 12 heteroatoms. The molecule has 3 aromatic rings. The van der Waals surface area contributed by atoms with Crippen molar-refractivity contribution in [1.82, 2.24) is 31.0 Å². The van der Waals surface area contributed by atoms with Gasteiger partial charge < -0.3 is 20.2 Å². The Labute approximate surface area is 526 Å². The predicted molar refractivity (Wildman–Crippen MR) is 368 cm³/mol. The summed E-state index contributed by atoms with van der Waals surface area (Å²) in [5, 5.41) is 11.2. The van der Waals surface area contributed by atoms with Crippen LogP contribution in [0.1, 0.15) is 276 Å². The lowest BCUT2D eigenvalue weighted by Gasteiger charge is -2.30. The van der Waals surface area contributed by atoms with Gasteiger partial charge in [-0.05, 0) is 147 Å². The zero-order chi connectivity index (χ0) is 65.4. The molecule has 1 aromatic carbocycles. The molecule has 85 heavy (non-hydrogen) atoms. The highest BCUT2D eigenvalue weighted by Crippen LogP contribution is 2.44. The van der Waals surface area contributed by atoms with Crippen LogP contribution >= 0.6 is 11.3 Å². The zero-order valence-corrected chi connectivity index (χ0v) is 59.6. The molecular formula is C73H128N6O5S. The van der Waals surface area contributed by atoms with Crippen molar-refractivity contribution in [3.8, 4) is 11.3 Å². The Morgan fingerprint density at radius 2 is 1.47 bits per heavy atom. The number of thiazole rings is 1. The minimum atomic E-state index is -0.592. The van der Waals surface area contributed by atoms with Gasteiger partial charge in [0.1, 0.15) is 18.4 Å². The van der Waals surface area contributed by atoms with E-state index in [2.05, 4.69) is 154 Å². The van der Waals surface area contributed by atoms with Gasteiger partial charge >= 0.3 is 0 Å². The fourth-order valence-electron chi connectivity index (χ4n) is 9.21. The molecule has 4 heterocycles. The Morgan fingerprint density at radius 1 is 0.847 bits per heavy atom. The molecule has 486 valence electrons. The molecular weight excluding hydrogens is 1070 g/mol. The second-order valence-electron chi connectivity index (χ2n) is 24.4. The molecule has 0 radical (unpaired) electrons. The Hall–Kier alpha value is -4.23. The van der Waals surface area contributed by atoms with Gasteiger partial charge in [0.2, 0.25) is 5.91 Å². The molecule has 2 unspecified atom stereocenters. The molecule has 4 aliphatic rings. The van der Waals surface area contributed by atoms with Crippen molar-refractivity contribution < 1.29 is 24.0 Å². The van der Waals surface area contributed by atoms with Crippen LogP contribution in [0.4, 0.5) is 0 Å². The summed E-state index contributed by atoms with van der Waals surface area (Å²) >= 11 is 1.53. The van der Waals surface area contributed by atoms with Gasteiger partial charge in [-0.3, -0.25) is 24.8 Å². The Bertz CT molecular complexity index is 2310. The number of hydrazine groups is 1. The topological polar surface area (TPSA) is 160 Å². The van der Waals surface area contributed by atoms with Crippen LogP contribution in [0.2, 0.25) is 0 Å². The van der Waals surface area contributed by atoms with Crippen molar-refractivity contribution in [2.45, 2.75) is 280 Å². The van der Waals surface area contributed by atoms with Crippen LogP contribution in [-0.2, 0) is 30.4 Å². The summed E-state index contributed by atoms with van der Waals surface area (Å²) < 4.78 is 0.